The third-order valence-electron chi connectivity index (χ3n) is 3.40. The van der Waals surface area contributed by atoms with Crippen LogP contribution < -0.4 is 5.73 Å². The predicted molar refractivity (Wildman–Crippen MR) is 90.5 cm³/mol. The Morgan fingerprint density at radius 1 is 0.818 bits per heavy atom. The van der Waals surface area contributed by atoms with Gasteiger partial charge in [-0.1, -0.05) is 48.5 Å². The van der Waals surface area contributed by atoms with Crippen LogP contribution in [0.5, 0.6) is 0 Å². The van der Waals surface area contributed by atoms with Crippen LogP contribution in [-0.2, 0) is 0 Å². The molecular formula is C17H12N4S. The molecule has 2 heterocycles. The lowest BCUT2D eigenvalue weighted by atomic mass is 10.1. The summed E-state index contributed by atoms with van der Waals surface area (Å²) in [5.41, 5.74) is 9.27. The van der Waals surface area contributed by atoms with Crippen molar-refractivity contribution in [2.75, 3.05) is 5.73 Å². The number of aromatic nitrogens is 3. The molecule has 0 amide bonds. The summed E-state index contributed by atoms with van der Waals surface area (Å²) in [5.74, 6) is 0.695. The van der Waals surface area contributed by atoms with Gasteiger partial charge >= 0.3 is 0 Å². The number of nitrogen functional groups attached to an aromatic ring is 1. The third-order valence-corrected chi connectivity index (χ3v) is 4.07. The van der Waals surface area contributed by atoms with E-state index in [2.05, 4.69) is 9.97 Å². The van der Waals surface area contributed by atoms with E-state index in [9.17, 15) is 0 Å². The molecule has 0 fully saturated rings. The Kier molecular flexibility index (Phi) is 3.05. The molecular weight excluding hydrogens is 292 g/mol. The molecule has 0 aliphatic carbocycles. The molecule has 0 aliphatic rings. The molecule has 5 heteroatoms. The second kappa shape index (κ2) is 5.20. The lowest BCUT2D eigenvalue weighted by molar-refractivity contribution is 1.21. The van der Waals surface area contributed by atoms with Crippen LogP contribution in [0.1, 0.15) is 0 Å². The van der Waals surface area contributed by atoms with Crippen molar-refractivity contribution in [3.63, 3.8) is 0 Å². The van der Waals surface area contributed by atoms with Gasteiger partial charge in [0.05, 0.1) is 5.52 Å². The van der Waals surface area contributed by atoms with Gasteiger partial charge in [0.2, 0.25) is 0 Å². The molecule has 0 atom stereocenters. The van der Waals surface area contributed by atoms with Gasteiger partial charge in [-0.15, -0.1) is 11.3 Å². The lowest BCUT2D eigenvalue weighted by Gasteiger charge is -2.07. The fraction of sp³-hybridized carbons (Fsp3) is 0. The summed E-state index contributed by atoms with van der Waals surface area (Å²) in [7, 11) is 0. The number of thiazole rings is 1. The molecule has 2 aromatic heterocycles. The van der Waals surface area contributed by atoms with Crippen molar-refractivity contribution < 1.29 is 0 Å². The van der Waals surface area contributed by atoms with Gasteiger partial charge in [0.1, 0.15) is 11.4 Å². The first-order valence-electron chi connectivity index (χ1n) is 6.85. The molecule has 22 heavy (non-hydrogen) atoms. The number of benzene rings is 2. The van der Waals surface area contributed by atoms with E-state index in [4.69, 9.17) is 10.7 Å². The summed E-state index contributed by atoms with van der Waals surface area (Å²) >= 11 is 1.42. The zero-order valence-electron chi connectivity index (χ0n) is 11.6. The smallest absolute Gasteiger partial charge is 0.180 e. The van der Waals surface area contributed by atoms with Crippen molar-refractivity contribution in [3.8, 4) is 22.8 Å². The highest BCUT2D eigenvalue weighted by Crippen LogP contribution is 2.30. The second-order valence-corrected chi connectivity index (χ2v) is 5.74. The number of anilines is 1. The maximum atomic E-state index is 5.77. The highest BCUT2D eigenvalue weighted by molar-refractivity contribution is 7.13. The van der Waals surface area contributed by atoms with Gasteiger partial charge < -0.3 is 5.73 Å². The van der Waals surface area contributed by atoms with E-state index in [0.717, 1.165) is 27.9 Å². The van der Waals surface area contributed by atoms with Crippen molar-refractivity contribution in [2.24, 2.45) is 0 Å². The Morgan fingerprint density at radius 3 is 2.36 bits per heavy atom. The summed E-state index contributed by atoms with van der Waals surface area (Å²) in [6, 6.07) is 17.9. The minimum atomic E-state index is 0.541. The van der Waals surface area contributed by atoms with Crippen LogP contribution in [0.3, 0.4) is 0 Å². The van der Waals surface area contributed by atoms with Crippen molar-refractivity contribution in [3.05, 3.63) is 60.0 Å². The van der Waals surface area contributed by atoms with Crippen molar-refractivity contribution in [1.82, 2.24) is 15.0 Å². The molecule has 4 rings (SSSR count). The average Bonchev–Trinajstić information content (AvgIpc) is 3.01. The fourth-order valence-corrected chi connectivity index (χ4v) is 2.93. The molecule has 0 aliphatic heterocycles. The van der Waals surface area contributed by atoms with Crippen LogP contribution in [0.4, 0.5) is 5.13 Å². The molecule has 2 N–H and O–H groups in total. The number of nitrogens with two attached hydrogens (primary N) is 1. The highest BCUT2D eigenvalue weighted by Gasteiger charge is 2.13. The summed E-state index contributed by atoms with van der Waals surface area (Å²) in [6.45, 7) is 0. The summed E-state index contributed by atoms with van der Waals surface area (Å²) in [5, 5.41) is 3.45. The number of fused-ring (bicyclic) bond motifs is 1. The van der Waals surface area contributed by atoms with E-state index in [-0.39, 0.29) is 0 Å². The Balaban J connectivity index is 2.01. The lowest BCUT2D eigenvalue weighted by Crippen LogP contribution is -1.95. The average molecular weight is 304 g/mol. The van der Waals surface area contributed by atoms with Gasteiger partial charge in [-0.05, 0) is 6.07 Å². The fourth-order valence-electron chi connectivity index (χ4n) is 2.38. The third kappa shape index (κ3) is 2.21. The number of hydrogen-bond acceptors (Lipinski definition) is 5. The molecule has 0 saturated heterocycles. The standard InChI is InChI=1S/C17H12N4S/c18-17-20-14(10-22-17)15-12-8-4-5-9-13(12)19-16(21-15)11-6-2-1-3-7-11/h1-10H,(H2,18,20). The molecule has 0 bridgehead atoms. The van der Waals surface area contributed by atoms with Crippen LogP contribution >= 0.6 is 11.3 Å². The molecule has 0 saturated carbocycles. The van der Waals surface area contributed by atoms with E-state index in [0.29, 0.717) is 11.0 Å². The van der Waals surface area contributed by atoms with Crippen LogP contribution in [0.25, 0.3) is 33.7 Å². The van der Waals surface area contributed by atoms with Crippen LogP contribution in [0, 0.1) is 0 Å². The Morgan fingerprint density at radius 2 is 1.59 bits per heavy atom. The molecule has 0 unspecified atom stereocenters. The quantitative estimate of drug-likeness (QED) is 0.608. The molecule has 4 aromatic rings. The molecule has 0 spiro atoms. The van der Waals surface area contributed by atoms with Gasteiger partial charge in [-0.25, -0.2) is 15.0 Å². The van der Waals surface area contributed by atoms with Crippen molar-refractivity contribution >= 4 is 27.4 Å². The van der Waals surface area contributed by atoms with Crippen molar-refractivity contribution in [2.45, 2.75) is 0 Å². The van der Waals surface area contributed by atoms with E-state index in [1.54, 1.807) is 0 Å². The molecule has 4 nitrogen and oxygen atoms in total. The maximum absolute atomic E-state index is 5.77. The normalized spacial score (nSPS) is 10.9. The van der Waals surface area contributed by atoms with Crippen LogP contribution in [-0.4, -0.2) is 15.0 Å². The van der Waals surface area contributed by atoms with Crippen LogP contribution in [0.2, 0.25) is 0 Å². The number of nitrogens with zero attached hydrogens (tertiary/aromatic N) is 3. The number of hydrogen-bond donors (Lipinski definition) is 1. The second-order valence-electron chi connectivity index (χ2n) is 4.85. The van der Waals surface area contributed by atoms with Gasteiger partial charge in [0.25, 0.3) is 0 Å². The topological polar surface area (TPSA) is 64.7 Å². The first kappa shape index (κ1) is 12.9. The minimum Gasteiger partial charge on any atom is -0.375 e. The first-order chi connectivity index (χ1) is 10.8. The van der Waals surface area contributed by atoms with E-state index >= 15 is 0 Å². The Bertz CT molecular complexity index is 947. The molecule has 106 valence electrons. The first-order valence-corrected chi connectivity index (χ1v) is 7.73. The Labute approximate surface area is 131 Å². The monoisotopic (exact) mass is 304 g/mol. The van der Waals surface area contributed by atoms with Crippen molar-refractivity contribution in [1.29, 1.82) is 0 Å². The zero-order chi connectivity index (χ0) is 14.9. The van der Waals surface area contributed by atoms with Crippen LogP contribution in [0.15, 0.2) is 60.0 Å². The molecule has 0 radical (unpaired) electrons. The zero-order valence-corrected chi connectivity index (χ0v) is 12.4. The summed E-state index contributed by atoms with van der Waals surface area (Å²) in [6.07, 6.45) is 0. The predicted octanol–water partition coefficient (Wildman–Crippen LogP) is 4.00. The van der Waals surface area contributed by atoms with E-state index < -0.39 is 0 Å². The van der Waals surface area contributed by atoms with E-state index in [1.807, 2.05) is 60.0 Å². The highest BCUT2D eigenvalue weighted by atomic mass is 32.1. The van der Waals surface area contributed by atoms with Gasteiger partial charge in [0.15, 0.2) is 11.0 Å². The maximum Gasteiger partial charge on any atom is 0.180 e. The van der Waals surface area contributed by atoms with Gasteiger partial charge in [0, 0.05) is 16.3 Å². The number of para-hydroxylation sites is 1. The molecule has 2 aromatic carbocycles. The summed E-state index contributed by atoms with van der Waals surface area (Å²) < 4.78 is 0. The van der Waals surface area contributed by atoms with Gasteiger partial charge in [-0.2, -0.15) is 0 Å². The minimum absolute atomic E-state index is 0.541. The SMILES string of the molecule is Nc1nc(-c2nc(-c3ccccc3)nc3ccccc23)cs1. The Hall–Kier alpha value is -2.79. The number of rotatable bonds is 2. The van der Waals surface area contributed by atoms with E-state index in [1.165, 1.54) is 11.3 Å². The summed E-state index contributed by atoms with van der Waals surface area (Å²) in [4.78, 5) is 13.8. The largest absolute Gasteiger partial charge is 0.375 e. The van der Waals surface area contributed by atoms with Gasteiger partial charge in [-0.3, -0.25) is 0 Å².